The first-order chi connectivity index (χ1) is 11.1. The second-order valence-corrected chi connectivity index (χ2v) is 8.03. The molecule has 1 amide bonds. The normalized spacial score (nSPS) is 20.8. The molecule has 0 aliphatic carbocycles. The number of amides is 1. The van der Waals surface area contributed by atoms with Crippen LogP contribution in [0.3, 0.4) is 0 Å². The van der Waals surface area contributed by atoms with Crippen molar-refractivity contribution in [1.29, 1.82) is 0 Å². The van der Waals surface area contributed by atoms with Crippen molar-refractivity contribution < 1.29 is 19.1 Å². The van der Waals surface area contributed by atoms with Gasteiger partial charge in [0.15, 0.2) is 0 Å². The van der Waals surface area contributed by atoms with Crippen molar-refractivity contribution in [2.24, 2.45) is 0 Å². The first-order valence-electron chi connectivity index (χ1n) is 7.99. The Morgan fingerprint density at radius 3 is 2.54 bits per heavy atom. The lowest BCUT2D eigenvalue weighted by Crippen LogP contribution is -2.37. The fourth-order valence-electron chi connectivity index (χ4n) is 2.91. The predicted octanol–water partition coefficient (Wildman–Crippen LogP) is 4.37. The third-order valence-corrected chi connectivity index (χ3v) is 4.32. The Morgan fingerprint density at radius 1 is 1.29 bits per heavy atom. The summed E-state index contributed by atoms with van der Waals surface area (Å²) < 4.78 is 11.8. The van der Waals surface area contributed by atoms with E-state index in [2.05, 4.69) is 15.9 Å². The summed E-state index contributed by atoms with van der Waals surface area (Å²) in [4.78, 5) is 25.6. The van der Waals surface area contributed by atoms with E-state index in [0.717, 1.165) is 15.6 Å². The van der Waals surface area contributed by atoms with Gasteiger partial charge >= 0.3 is 12.1 Å². The minimum atomic E-state index is -0.576. The van der Waals surface area contributed by atoms with Crippen LogP contribution in [-0.2, 0) is 14.3 Å². The van der Waals surface area contributed by atoms with Gasteiger partial charge in [-0.1, -0.05) is 22.0 Å². The number of nitrogens with zero attached hydrogens (tertiary/aromatic N) is 1. The highest BCUT2D eigenvalue weighted by atomic mass is 79.9. The van der Waals surface area contributed by atoms with Crippen LogP contribution in [0.2, 0.25) is 0 Å². The highest BCUT2D eigenvalue weighted by molar-refractivity contribution is 9.10. The standard InChI is InChI=1S/C18H24BrNO4/c1-11-6-7-13(19)8-15(11)16-9-14(23-12(2)21)10-20(16)17(22)24-18(3,4)5/h6-8,14,16H,9-10H2,1-5H3. The van der Waals surface area contributed by atoms with Crippen LogP contribution in [0.5, 0.6) is 0 Å². The Kier molecular flexibility index (Phi) is 5.58. The lowest BCUT2D eigenvalue weighted by molar-refractivity contribution is -0.145. The number of carbonyl (C=O) groups excluding carboxylic acids is 2. The molecule has 132 valence electrons. The second kappa shape index (κ2) is 7.13. The van der Waals surface area contributed by atoms with Gasteiger partial charge in [0.05, 0.1) is 12.6 Å². The fourth-order valence-corrected chi connectivity index (χ4v) is 3.28. The minimum Gasteiger partial charge on any atom is -0.461 e. The summed E-state index contributed by atoms with van der Waals surface area (Å²) in [6, 6.07) is 5.80. The van der Waals surface area contributed by atoms with Gasteiger partial charge in [0.25, 0.3) is 0 Å². The number of aryl methyl sites for hydroxylation is 1. The molecule has 1 aromatic carbocycles. The van der Waals surface area contributed by atoms with Crippen molar-refractivity contribution in [2.75, 3.05) is 6.54 Å². The molecule has 1 aromatic rings. The Bertz CT molecular complexity index is 638. The van der Waals surface area contributed by atoms with Crippen molar-refractivity contribution in [3.63, 3.8) is 0 Å². The van der Waals surface area contributed by atoms with Crippen LogP contribution in [0.25, 0.3) is 0 Å². The SMILES string of the molecule is CC(=O)OC1CC(c2cc(Br)ccc2C)N(C(=O)OC(C)(C)C)C1. The van der Waals surface area contributed by atoms with Crippen LogP contribution >= 0.6 is 15.9 Å². The Morgan fingerprint density at radius 2 is 1.96 bits per heavy atom. The molecule has 2 atom stereocenters. The summed E-state index contributed by atoms with van der Waals surface area (Å²) in [5.74, 6) is -0.337. The summed E-state index contributed by atoms with van der Waals surface area (Å²) in [7, 11) is 0. The van der Waals surface area contributed by atoms with E-state index in [0.29, 0.717) is 13.0 Å². The van der Waals surface area contributed by atoms with Gasteiger partial charge in [0, 0.05) is 17.8 Å². The molecule has 1 saturated heterocycles. The Labute approximate surface area is 151 Å². The molecule has 1 fully saturated rings. The second-order valence-electron chi connectivity index (χ2n) is 7.12. The van der Waals surface area contributed by atoms with Crippen molar-refractivity contribution in [3.05, 3.63) is 33.8 Å². The summed E-state index contributed by atoms with van der Waals surface area (Å²) >= 11 is 3.48. The quantitative estimate of drug-likeness (QED) is 0.695. The first kappa shape index (κ1) is 18.8. The maximum atomic E-state index is 12.6. The third-order valence-electron chi connectivity index (χ3n) is 3.82. The molecule has 5 nitrogen and oxygen atoms in total. The van der Waals surface area contributed by atoms with Gasteiger partial charge in [0.2, 0.25) is 0 Å². The van der Waals surface area contributed by atoms with Crippen LogP contribution < -0.4 is 0 Å². The first-order valence-corrected chi connectivity index (χ1v) is 8.79. The molecule has 0 spiro atoms. The smallest absolute Gasteiger partial charge is 0.410 e. The van der Waals surface area contributed by atoms with E-state index in [1.165, 1.54) is 6.92 Å². The van der Waals surface area contributed by atoms with Gasteiger partial charge < -0.3 is 9.47 Å². The van der Waals surface area contributed by atoms with Gasteiger partial charge in [-0.05, 0) is 51.0 Å². The maximum Gasteiger partial charge on any atom is 0.410 e. The summed E-state index contributed by atoms with van der Waals surface area (Å²) in [6.45, 7) is 9.24. The van der Waals surface area contributed by atoms with Crippen LogP contribution in [0.4, 0.5) is 4.79 Å². The van der Waals surface area contributed by atoms with E-state index < -0.39 is 5.60 Å². The number of carbonyl (C=O) groups is 2. The minimum absolute atomic E-state index is 0.179. The number of likely N-dealkylation sites (tertiary alicyclic amines) is 1. The third kappa shape index (κ3) is 4.72. The molecule has 6 heteroatoms. The van der Waals surface area contributed by atoms with Crippen molar-refractivity contribution in [2.45, 2.75) is 58.8 Å². The summed E-state index contributed by atoms with van der Waals surface area (Å²) in [5.41, 5.74) is 1.54. The lowest BCUT2D eigenvalue weighted by Gasteiger charge is -2.29. The van der Waals surface area contributed by atoms with Crippen LogP contribution in [0.15, 0.2) is 22.7 Å². The van der Waals surface area contributed by atoms with E-state index in [-0.39, 0.29) is 24.2 Å². The number of benzene rings is 1. The van der Waals surface area contributed by atoms with Crippen molar-refractivity contribution in [3.8, 4) is 0 Å². The average molecular weight is 398 g/mol. The number of halogens is 1. The molecule has 1 aliphatic rings. The molecular formula is C18H24BrNO4. The van der Waals surface area contributed by atoms with E-state index >= 15 is 0 Å². The zero-order valence-corrected chi connectivity index (χ0v) is 16.3. The van der Waals surface area contributed by atoms with Crippen molar-refractivity contribution in [1.82, 2.24) is 4.90 Å². The van der Waals surface area contributed by atoms with Gasteiger partial charge in [-0.25, -0.2) is 4.79 Å². The highest BCUT2D eigenvalue weighted by Crippen LogP contribution is 2.37. The molecule has 2 rings (SSSR count). The van der Waals surface area contributed by atoms with Crippen molar-refractivity contribution >= 4 is 28.0 Å². The number of hydrogen-bond acceptors (Lipinski definition) is 4. The van der Waals surface area contributed by atoms with Crippen LogP contribution in [-0.4, -0.2) is 35.2 Å². The topological polar surface area (TPSA) is 55.8 Å². The number of hydrogen-bond donors (Lipinski definition) is 0. The molecule has 1 heterocycles. The average Bonchev–Trinajstić information content (AvgIpc) is 2.82. The molecule has 1 aliphatic heterocycles. The molecule has 0 saturated carbocycles. The largest absolute Gasteiger partial charge is 0.461 e. The van der Waals surface area contributed by atoms with Gasteiger partial charge in [-0.2, -0.15) is 0 Å². The molecule has 24 heavy (non-hydrogen) atoms. The van der Waals surface area contributed by atoms with Crippen LogP contribution in [0, 0.1) is 6.92 Å². The molecule has 2 unspecified atom stereocenters. The highest BCUT2D eigenvalue weighted by Gasteiger charge is 2.40. The van der Waals surface area contributed by atoms with Crippen LogP contribution in [0.1, 0.15) is 51.3 Å². The lowest BCUT2D eigenvalue weighted by atomic mass is 9.99. The molecular weight excluding hydrogens is 374 g/mol. The summed E-state index contributed by atoms with van der Waals surface area (Å²) in [5, 5.41) is 0. The van der Waals surface area contributed by atoms with Gasteiger partial charge in [0.1, 0.15) is 11.7 Å². The maximum absolute atomic E-state index is 12.6. The molecule has 0 aromatic heterocycles. The van der Waals surface area contributed by atoms with Gasteiger partial charge in [-0.15, -0.1) is 0 Å². The summed E-state index contributed by atoms with van der Waals surface area (Å²) in [6.07, 6.45) is -0.143. The number of ether oxygens (including phenoxy) is 2. The van der Waals surface area contributed by atoms with E-state index in [4.69, 9.17) is 9.47 Å². The van der Waals surface area contributed by atoms with Gasteiger partial charge in [-0.3, -0.25) is 9.69 Å². The Hall–Kier alpha value is -1.56. The van der Waals surface area contributed by atoms with E-state index in [9.17, 15) is 9.59 Å². The van der Waals surface area contributed by atoms with E-state index in [1.807, 2.05) is 45.9 Å². The number of rotatable bonds is 2. The fraction of sp³-hybridized carbons (Fsp3) is 0.556. The zero-order valence-electron chi connectivity index (χ0n) is 14.8. The molecule has 0 N–H and O–H groups in total. The predicted molar refractivity (Wildman–Crippen MR) is 94.7 cm³/mol. The zero-order chi connectivity index (χ0) is 18.1. The number of esters is 1. The Balaban J connectivity index is 2.31. The molecule has 0 bridgehead atoms. The monoisotopic (exact) mass is 397 g/mol. The molecule has 0 radical (unpaired) electrons. The van der Waals surface area contributed by atoms with E-state index in [1.54, 1.807) is 4.90 Å².